The number of hydrogen-bond acceptors (Lipinski definition) is 3. The Hall–Kier alpha value is -0.510. The van der Waals surface area contributed by atoms with Gasteiger partial charge in [-0.1, -0.05) is 0 Å². The fourth-order valence-electron chi connectivity index (χ4n) is 1.27. The van der Waals surface area contributed by atoms with E-state index in [4.69, 9.17) is 0 Å². The van der Waals surface area contributed by atoms with E-state index >= 15 is 0 Å². The monoisotopic (exact) mass is 404 g/mol. The average Bonchev–Trinajstić information content (AvgIpc) is 2.62. The summed E-state index contributed by atoms with van der Waals surface area (Å²) in [5.74, 6) is 0.392. The molecule has 0 radical (unpaired) electrons. The van der Waals surface area contributed by atoms with Crippen LogP contribution in [0.2, 0.25) is 0 Å². The van der Waals surface area contributed by atoms with E-state index in [1.54, 1.807) is 11.3 Å². The van der Waals surface area contributed by atoms with Crippen LogP contribution < -0.4 is 10.6 Å². The Labute approximate surface area is 133 Å². The summed E-state index contributed by atoms with van der Waals surface area (Å²) in [7, 11) is 0. The fraction of sp³-hybridized carbons (Fsp3) is 0.636. The highest BCUT2D eigenvalue weighted by atomic mass is 127. The highest BCUT2D eigenvalue weighted by Gasteiger charge is 2.06. The predicted molar refractivity (Wildman–Crippen MR) is 85.8 cm³/mol. The molecule has 0 bridgehead atoms. The molecular formula is C11H19F2IN4S. The van der Waals surface area contributed by atoms with E-state index in [1.165, 1.54) is 0 Å². The molecule has 2 N–H and O–H groups in total. The van der Waals surface area contributed by atoms with Gasteiger partial charge in [0.2, 0.25) is 0 Å². The molecule has 19 heavy (non-hydrogen) atoms. The van der Waals surface area contributed by atoms with Crippen LogP contribution in [0.3, 0.4) is 0 Å². The molecule has 1 aromatic rings. The first-order chi connectivity index (χ1) is 8.52. The first-order valence-corrected chi connectivity index (χ1v) is 6.57. The summed E-state index contributed by atoms with van der Waals surface area (Å²) >= 11 is 1.58. The molecule has 4 nitrogen and oxygen atoms in total. The van der Waals surface area contributed by atoms with Crippen molar-refractivity contribution in [2.75, 3.05) is 13.1 Å². The molecule has 0 atom stereocenters. The molecule has 110 valence electrons. The Balaban J connectivity index is 0.00000324. The zero-order chi connectivity index (χ0) is 13.5. The van der Waals surface area contributed by atoms with Crippen molar-refractivity contribution in [1.29, 1.82) is 0 Å². The summed E-state index contributed by atoms with van der Waals surface area (Å²) < 4.78 is 24.2. The van der Waals surface area contributed by atoms with E-state index in [2.05, 4.69) is 20.6 Å². The number of thiazole rings is 1. The zero-order valence-electron chi connectivity index (χ0n) is 11.2. The average molecular weight is 404 g/mol. The molecule has 0 unspecified atom stereocenters. The number of aromatic nitrogens is 1. The molecular weight excluding hydrogens is 385 g/mol. The minimum atomic E-state index is -2.39. The van der Waals surface area contributed by atoms with E-state index in [1.807, 2.05) is 20.8 Å². The third-order valence-corrected chi connectivity index (χ3v) is 3.27. The van der Waals surface area contributed by atoms with Crippen molar-refractivity contribution < 1.29 is 8.78 Å². The summed E-state index contributed by atoms with van der Waals surface area (Å²) in [4.78, 5) is 9.72. The lowest BCUT2D eigenvalue weighted by Crippen LogP contribution is -2.39. The smallest absolute Gasteiger partial charge is 0.255 e. The molecule has 8 heteroatoms. The van der Waals surface area contributed by atoms with Gasteiger partial charge in [-0.2, -0.15) is 0 Å². The SMILES string of the molecule is CCNC(=NCc1nc(C)c(C)s1)NCC(F)F.I. The van der Waals surface area contributed by atoms with Crippen LogP contribution in [-0.2, 0) is 6.54 Å². The third-order valence-electron chi connectivity index (χ3n) is 2.21. The normalized spacial score (nSPS) is 11.4. The minimum Gasteiger partial charge on any atom is -0.357 e. The van der Waals surface area contributed by atoms with Gasteiger partial charge in [0.15, 0.2) is 5.96 Å². The number of rotatable bonds is 5. The first kappa shape index (κ1) is 18.5. The maximum Gasteiger partial charge on any atom is 0.255 e. The lowest BCUT2D eigenvalue weighted by Gasteiger charge is -2.09. The minimum absolute atomic E-state index is 0. The maximum atomic E-state index is 12.1. The van der Waals surface area contributed by atoms with E-state index in [-0.39, 0.29) is 24.0 Å². The molecule has 0 aliphatic carbocycles. The standard InChI is InChI=1S/C11H18F2N4S.HI/c1-4-14-11(15-5-9(12)13)16-6-10-17-7(2)8(3)18-10;/h9H,4-6H2,1-3H3,(H2,14,15,16);1H. The Morgan fingerprint density at radius 2 is 2.05 bits per heavy atom. The van der Waals surface area contributed by atoms with Gasteiger partial charge in [-0.05, 0) is 20.8 Å². The van der Waals surface area contributed by atoms with Crippen LogP contribution >= 0.6 is 35.3 Å². The van der Waals surface area contributed by atoms with Gasteiger partial charge in [0.05, 0.1) is 18.8 Å². The Bertz CT molecular complexity index is 390. The van der Waals surface area contributed by atoms with Gasteiger partial charge in [0, 0.05) is 11.4 Å². The molecule has 0 saturated heterocycles. The van der Waals surface area contributed by atoms with E-state index in [0.29, 0.717) is 19.0 Å². The van der Waals surface area contributed by atoms with Crippen molar-refractivity contribution in [2.24, 2.45) is 4.99 Å². The summed E-state index contributed by atoms with van der Waals surface area (Å²) in [6.45, 7) is 6.46. The zero-order valence-corrected chi connectivity index (χ0v) is 14.3. The van der Waals surface area contributed by atoms with E-state index in [0.717, 1.165) is 15.6 Å². The fourth-order valence-corrected chi connectivity index (χ4v) is 2.13. The molecule has 0 amide bonds. The van der Waals surface area contributed by atoms with Gasteiger partial charge < -0.3 is 10.6 Å². The second-order valence-corrected chi connectivity index (χ2v) is 5.00. The second kappa shape index (κ2) is 9.40. The number of hydrogen-bond donors (Lipinski definition) is 2. The number of aryl methyl sites for hydroxylation is 2. The Morgan fingerprint density at radius 1 is 1.37 bits per heavy atom. The molecule has 0 aromatic carbocycles. The number of guanidine groups is 1. The Kier molecular flexibility index (Phi) is 9.15. The number of halogens is 3. The Morgan fingerprint density at radius 3 is 2.53 bits per heavy atom. The van der Waals surface area contributed by atoms with Gasteiger partial charge in [-0.3, -0.25) is 0 Å². The predicted octanol–water partition coefficient (Wildman–Crippen LogP) is 2.70. The first-order valence-electron chi connectivity index (χ1n) is 5.76. The van der Waals surface area contributed by atoms with Crippen LogP contribution in [0.4, 0.5) is 8.78 Å². The molecule has 1 heterocycles. The van der Waals surface area contributed by atoms with Crippen molar-refractivity contribution in [2.45, 2.75) is 33.7 Å². The topological polar surface area (TPSA) is 49.3 Å². The second-order valence-electron chi connectivity index (χ2n) is 3.72. The number of aliphatic imine (C=N–C) groups is 1. The third kappa shape index (κ3) is 7.00. The number of nitrogens with zero attached hydrogens (tertiary/aromatic N) is 2. The summed E-state index contributed by atoms with van der Waals surface area (Å²) in [6, 6.07) is 0. The largest absolute Gasteiger partial charge is 0.357 e. The molecule has 1 rings (SSSR count). The van der Waals surface area contributed by atoms with Crippen LogP contribution in [0.15, 0.2) is 4.99 Å². The molecule has 0 fully saturated rings. The van der Waals surface area contributed by atoms with Gasteiger partial charge in [0.1, 0.15) is 5.01 Å². The molecule has 0 aliphatic heterocycles. The molecule has 1 aromatic heterocycles. The van der Waals surface area contributed by atoms with Crippen LogP contribution in [0.25, 0.3) is 0 Å². The van der Waals surface area contributed by atoms with Gasteiger partial charge in [0.25, 0.3) is 6.43 Å². The summed E-state index contributed by atoms with van der Waals surface area (Å²) in [5.41, 5.74) is 0.996. The maximum absolute atomic E-state index is 12.1. The van der Waals surface area contributed by atoms with E-state index in [9.17, 15) is 8.78 Å². The van der Waals surface area contributed by atoms with Crippen molar-refractivity contribution in [3.8, 4) is 0 Å². The summed E-state index contributed by atoms with van der Waals surface area (Å²) in [5, 5.41) is 6.38. The van der Waals surface area contributed by atoms with E-state index < -0.39 is 13.0 Å². The number of nitrogens with one attached hydrogen (secondary N) is 2. The quantitative estimate of drug-likeness (QED) is 0.451. The van der Waals surface area contributed by atoms with Gasteiger partial charge >= 0.3 is 0 Å². The molecule has 0 spiro atoms. The van der Waals surface area contributed by atoms with Crippen molar-refractivity contribution in [3.63, 3.8) is 0 Å². The van der Waals surface area contributed by atoms with Crippen LogP contribution in [0.1, 0.15) is 22.5 Å². The van der Waals surface area contributed by atoms with Crippen LogP contribution in [0, 0.1) is 13.8 Å². The van der Waals surface area contributed by atoms with Crippen molar-refractivity contribution >= 4 is 41.3 Å². The van der Waals surface area contributed by atoms with Crippen LogP contribution in [-0.4, -0.2) is 30.5 Å². The summed E-state index contributed by atoms with van der Waals surface area (Å²) in [6.07, 6.45) is -2.39. The van der Waals surface area contributed by atoms with Crippen molar-refractivity contribution in [1.82, 2.24) is 15.6 Å². The van der Waals surface area contributed by atoms with Gasteiger partial charge in [-0.15, -0.1) is 35.3 Å². The lowest BCUT2D eigenvalue weighted by molar-refractivity contribution is 0.152. The lowest BCUT2D eigenvalue weighted by atomic mass is 10.4. The number of alkyl halides is 2. The molecule has 0 aliphatic rings. The van der Waals surface area contributed by atoms with Crippen molar-refractivity contribution in [3.05, 3.63) is 15.6 Å². The molecule has 0 saturated carbocycles. The van der Waals surface area contributed by atoms with Gasteiger partial charge in [-0.25, -0.2) is 18.8 Å². The highest BCUT2D eigenvalue weighted by Crippen LogP contribution is 2.16. The highest BCUT2D eigenvalue weighted by molar-refractivity contribution is 14.0. The van der Waals surface area contributed by atoms with Crippen LogP contribution in [0.5, 0.6) is 0 Å².